The van der Waals surface area contributed by atoms with E-state index in [9.17, 15) is 19.5 Å². The van der Waals surface area contributed by atoms with E-state index in [1.54, 1.807) is 30.3 Å². The summed E-state index contributed by atoms with van der Waals surface area (Å²) >= 11 is 0. The number of rotatable bonds is 5. The number of hydrogen-bond acceptors (Lipinski definition) is 4. The fourth-order valence-electron chi connectivity index (χ4n) is 4.05. The molecule has 1 aliphatic heterocycles. The summed E-state index contributed by atoms with van der Waals surface area (Å²) in [6.07, 6.45) is -1.32. The number of amides is 2. The molecule has 168 valence electrons. The largest absolute Gasteiger partial charge is 0.480 e. The number of para-hydroxylation sites is 2. The second-order valence-corrected chi connectivity index (χ2v) is 7.83. The molecule has 0 bridgehead atoms. The summed E-state index contributed by atoms with van der Waals surface area (Å²) in [5, 5.41) is 13.0. The van der Waals surface area contributed by atoms with Gasteiger partial charge in [0.05, 0.1) is 11.4 Å². The average molecular weight is 452 g/mol. The van der Waals surface area contributed by atoms with Crippen LogP contribution in [-0.4, -0.2) is 46.3 Å². The van der Waals surface area contributed by atoms with E-state index >= 15 is 0 Å². The number of fused-ring (bicyclic) bond motifs is 2. The molecule has 0 aliphatic carbocycles. The van der Waals surface area contributed by atoms with E-state index in [-0.39, 0.29) is 5.69 Å². The number of benzene rings is 3. The van der Waals surface area contributed by atoms with Gasteiger partial charge in [-0.25, -0.2) is 4.99 Å². The first-order chi connectivity index (χ1) is 16.5. The number of hydrogen-bond donors (Lipinski definition) is 3. The number of nitrogens with one attached hydrogen (secondary N) is 2. The quantitative estimate of drug-likeness (QED) is 0.431. The highest BCUT2D eigenvalue weighted by atomic mass is 16.4. The minimum absolute atomic E-state index is 0.275. The molecule has 0 spiro atoms. The normalized spacial score (nSPS) is 15.4. The highest BCUT2D eigenvalue weighted by Gasteiger charge is 2.34. The van der Waals surface area contributed by atoms with Gasteiger partial charge in [0, 0.05) is 22.0 Å². The van der Waals surface area contributed by atoms with Crippen LogP contribution in [0.1, 0.15) is 21.6 Å². The lowest BCUT2D eigenvalue weighted by atomic mass is 10.0. The number of anilines is 1. The molecule has 0 saturated carbocycles. The molecule has 2 heterocycles. The van der Waals surface area contributed by atoms with Crippen molar-refractivity contribution in [1.82, 2.24) is 10.3 Å². The number of carboxylic acid groups (broad SMARTS) is 1. The van der Waals surface area contributed by atoms with Crippen molar-refractivity contribution in [2.75, 3.05) is 11.4 Å². The monoisotopic (exact) mass is 452 g/mol. The van der Waals surface area contributed by atoms with Crippen molar-refractivity contribution in [1.29, 1.82) is 0 Å². The number of aromatic nitrogens is 1. The van der Waals surface area contributed by atoms with Crippen molar-refractivity contribution in [3.05, 3.63) is 102 Å². The van der Waals surface area contributed by atoms with Crippen LogP contribution in [0.4, 0.5) is 5.69 Å². The highest BCUT2D eigenvalue weighted by molar-refractivity contribution is 6.21. The molecule has 2 amide bonds. The van der Waals surface area contributed by atoms with Crippen molar-refractivity contribution < 1.29 is 19.5 Å². The van der Waals surface area contributed by atoms with Crippen molar-refractivity contribution in [3.8, 4) is 0 Å². The van der Waals surface area contributed by atoms with E-state index in [0.717, 1.165) is 21.4 Å². The first-order valence-electron chi connectivity index (χ1n) is 10.7. The van der Waals surface area contributed by atoms with Crippen LogP contribution in [0, 0.1) is 0 Å². The molecule has 34 heavy (non-hydrogen) atoms. The summed E-state index contributed by atoms with van der Waals surface area (Å²) in [4.78, 5) is 47.0. The zero-order valence-corrected chi connectivity index (χ0v) is 17.9. The fraction of sp³-hybridized carbons (Fsp3) is 0.0769. The van der Waals surface area contributed by atoms with E-state index in [2.05, 4.69) is 15.3 Å². The minimum atomic E-state index is -1.32. The molecule has 3 aromatic carbocycles. The number of aliphatic carboxylic acids is 1. The Labute approximate surface area is 194 Å². The number of nitrogens with zero attached hydrogens (tertiary/aromatic N) is 2. The Balaban J connectivity index is 1.59. The molecular formula is C26H20N4O4. The zero-order valence-electron chi connectivity index (χ0n) is 17.9. The number of aliphatic imine (C=N–C) groups is 1. The zero-order chi connectivity index (χ0) is 23.7. The molecule has 5 rings (SSSR count). The Morgan fingerprint density at radius 2 is 1.68 bits per heavy atom. The Kier molecular flexibility index (Phi) is 5.39. The maximum Gasteiger partial charge on any atom is 0.323 e. The third-order valence-electron chi connectivity index (χ3n) is 5.59. The van der Waals surface area contributed by atoms with Gasteiger partial charge < -0.3 is 15.4 Å². The van der Waals surface area contributed by atoms with Crippen LogP contribution in [0.2, 0.25) is 0 Å². The van der Waals surface area contributed by atoms with Crippen LogP contribution in [0.3, 0.4) is 0 Å². The van der Waals surface area contributed by atoms with Crippen molar-refractivity contribution in [2.24, 2.45) is 4.99 Å². The third-order valence-corrected chi connectivity index (χ3v) is 5.59. The predicted octanol–water partition coefficient (Wildman–Crippen LogP) is 3.19. The number of aromatic amines is 1. The standard InChI is InChI=1S/C26H20N4O4/c31-22(32)15-30-21-13-7-5-11-18(21)23(16-8-2-1-3-9-16)28-24(26(30)34)29-25(33)20-14-17-10-4-6-12-19(17)27-20/h1-14,24,27H,15H2,(H,29,33)(H,31,32)/t24-/m1/s1. The van der Waals surface area contributed by atoms with Crippen molar-refractivity contribution >= 4 is 40.1 Å². The number of benzodiazepines with no additional fused rings is 1. The molecule has 1 atom stereocenters. The number of carbonyl (C=O) groups is 3. The van der Waals surface area contributed by atoms with Gasteiger partial charge in [-0.2, -0.15) is 0 Å². The summed E-state index contributed by atoms with van der Waals surface area (Å²) < 4.78 is 0. The van der Waals surface area contributed by atoms with Gasteiger partial charge in [-0.05, 0) is 18.2 Å². The molecule has 0 unspecified atom stereocenters. The van der Waals surface area contributed by atoms with Gasteiger partial charge in [0.2, 0.25) is 6.17 Å². The van der Waals surface area contributed by atoms with Gasteiger partial charge in [0.15, 0.2) is 0 Å². The summed E-state index contributed by atoms with van der Waals surface area (Å²) in [7, 11) is 0. The second-order valence-electron chi connectivity index (χ2n) is 7.83. The van der Waals surface area contributed by atoms with E-state index in [4.69, 9.17) is 0 Å². The maximum absolute atomic E-state index is 13.5. The maximum atomic E-state index is 13.5. The highest BCUT2D eigenvalue weighted by Crippen LogP contribution is 2.28. The number of carbonyl (C=O) groups excluding carboxylic acids is 2. The lowest BCUT2D eigenvalue weighted by Crippen LogP contribution is -2.49. The predicted molar refractivity (Wildman–Crippen MR) is 128 cm³/mol. The van der Waals surface area contributed by atoms with E-state index in [0.29, 0.717) is 17.0 Å². The first-order valence-corrected chi connectivity index (χ1v) is 10.7. The summed E-state index contributed by atoms with van der Waals surface area (Å²) in [6.45, 7) is -0.563. The summed E-state index contributed by atoms with van der Waals surface area (Å²) in [5.41, 5.74) is 3.31. The summed E-state index contributed by atoms with van der Waals surface area (Å²) in [6, 6.07) is 25.4. The van der Waals surface area contributed by atoms with Crippen molar-refractivity contribution in [3.63, 3.8) is 0 Å². The number of carboxylic acids is 1. The first kappa shape index (κ1) is 21.1. The van der Waals surface area contributed by atoms with Gasteiger partial charge in [-0.3, -0.25) is 19.3 Å². The molecular weight excluding hydrogens is 432 g/mol. The minimum Gasteiger partial charge on any atom is -0.480 e. The van der Waals surface area contributed by atoms with E-state index < -0.39 is 30.5 Å². The Morgan fingerprint density at radius 3 is 2.44 bits per heavy atom. The van der Waals surface area contributed by atoms with Gasteiger partial charge in [-0.15, -0.1) is 0 Å². The molecule has 8 heteroatoms. The van der Waals surface area contributed by atoms with Crippen LogP contribution < -0.4 is 10.2 Å². The van der Waals surface area contributed by atoms with Crippen LogP contribution in [0.25, 0.3) is 10.9 Å². The topological polar surface area (TPSA) is 115 Å². The fourth-order valence-corrected chi connectivity index (χ4v) is 4.05. The van der Waals surface area contributed by atoms with Gasteiger partial charge in [0.1, 0.15) is 12.2 Å². The van der Waals surface area contributed by atoms with Gasteiger partial charge >= 0.3 is 5.97 Å². The molecule has 1 aromatic heterocycles. The second kappa shape index (κ2) is 8.67. The molecule has 0 radical (unpaired) electrons. The smallest absolute Gasteiger partial charge is 0.323 e. The molecule has 3 N–H and O–H groups in total. The lowest BCUT2D eigenvalue weighted by Gasteiger charge is -2.23. The Morgan fingerprint density at radius 1 is 0.971 bits per heavy atom. The Bertz CT molecular complexity index is 1410. The molecule has 8 nitrogen and oxygen atoms in total. The molecule has 4 aromatic rings. The molecule has 0 fully saturated rings. The van der Waals surface area contributed by atoms with E-state index in [1.165, 1.54) is 0 Å². The van der Waals surface area contributed by atoms with Crippen LogP contribution in [0.5, 0.6) is 0 Å². The molecule has 1 aliphatic rings. The average Bonchev–Trinajstić information content (AvgIpc) is 3.25. The number of H-pyrrole nitrogens is 1. The lowest BCUT2D eigenvalue weighted by molar-refractivity contribution is -0.136. The van der Waals surface area contributed by atoms with Gasteiger partial charge in [0.25, 0.3) is 11.8 Å². The van der Waals surface area contributed by atoms with Crippen LogP contribution in [-0.2, 0) is 9.59 Å². The Hall–Kier alpha value is -4.72. The van der Waals surface area contributed by atoms with E-state index in [1.807, 2.05) is 54.6 Å². The molecule has 0 saturated heterocycles. The van der Waals surface area contributed by atoms with Crippen LogP contribution >= 0.6 is 0 Å². The SMILES string of the molecule is O=C(O)CN1C(=O)[C@@H](NC(=O)c2cc3ccccc3[nH]2)N=C(c2ccccc2)c2ccccc21. The van der Waals surface area contributed by atoms with Gasteiger partial charge in [-0.1, -0.05) is 66.7 Å². The van der Waals surface area contributed by atoms with Crippen LogP contribution in [0.15, 0.2) is 89.9 Å². The third kappa shape index (κ3) is 3.93. The summed E-state index contributed by atoms with van der Waals surface area (Å²) in [5.74, 6) is -2.33. The van der Waals surface area contributed by atoms with Crippen molar-refractivity contribution in [2.45, 2.75) is 6.17 Å².